The van der Waals surface area contributed by atoms with Crippen LogP contribution in [0.5, 0.6) is 0 Å². The summed E-state index contributed by atoms with van der Waals surface area (Å²) in [5.41, 5.74) is 1.57. The molecule has 2 rings (SSSR count). The number of carbonyl (C=O) groups is 1. The molecule has 0 aliphatic heterocycles. The molecule has 118 valence electrons. The van der Waals surface area contributed by atoms with Gasteiger partial charge in [-0.25, -0.2) is 4.98 Å². The van der Waals surface area contributed by atoms with Gasteiger partial charge in [0.25, 0.3) is 5.91 Å². The summed E-state index contributed by atoms with van der Waals surface area (Å²) in [6.07, 6.45) is 3.47. The van der Waals surface area contributed by atoms with Crippen LogP contribution in [0.4, 0.5) is 0 Å². The fourth-order valence-corrected chi connectivity index (χ4v) is 2.33. The number of nitrogens with one attached hydrogen (secondary N) is 2. The standard InChI is InChI=1S/C17H24N4O/c1-4-21(3)12-13(2)11-20-17(22)15-7-5-6-14(10-15)16-18-8-9-19-16/h5-10,13H,4,11-12H2,1-3H3,(H,18,19)(H,20,22)/t13-/m0/s1. The van der Waals surface area contributed by atoms with E-state index >= 15 is 0 Å². The normalized spacial score (nSPS) is 12.4. The van der Waals surface area contributed by atoms with Gasteiger partial charge in [-0.1, -0.05) is 26.0 Å². The van der Waals surface area contributed by atoms with Crippen molar-refractivity contribution in [2.75, 3.05) is 26.7 Å². The molecule has 0 unspecified atom stereocenters. The zero-order valence-corrected chi connectivity index (χ0v) is 13.5. The van der Waals surface area contributed by atoms with Crippen molar-refractivity contribution in [3.8, 4) is 11.4 Å². The lowest BCUT2D eigenvalue weighted by Crippen LogP contribution is -2.34. The first kappa shape index (κ1) is 16.2. The van der Waals surface area contributed by atoms with Crippen LogP contribution in [0.15, 0.2) is 36.7 Å². The number of nitrogens with zero attached hydrogens (tertiary/aromatic N) is 2. The van der Waals surface area contributed by atoms with Gasteiger partial charge in [0.05, 0.1) is 0 Å². The van der Waals surface area contributed by atoms with E-state index in [9.17, 15) is 4.79 Å². The number of H-pyrrole nitrogens is 1. The number of rotatable bonds is 7. The summed E-state index contributed by atoms with van der Waals surface area (Å²) < 4.78 is 0. The Morgan fingerprint density at radius 2 is 2.27 bits per heavy atom. The Morgan fingerprint density at radius 1 is 1.45 bits per heavy atom. The third kappa shape index (κ3) is 4.43. The molecule has 1 atom stereocenters. The van der Waals surface area contributed by atoms with Crippen LogP contribution in [0.2, 0.25) is 0 Å². The highest BCUT2D eigenvalue weighted by Gasteiger charge is 2.10. The van der Waals surface area contributed by atoms with Crippen molar-refractivity contribution < 1.29 is 4.79 Å². The van der Waals surface area contributed by atoms with Crippen molar-refractivity contribution in [2.45, 2.75) is 13.8 Å². The molecule has 1 aromatic heterocycles. The fourth-order valence-electron chi connectivity index (χ4n) is 2.33. The highest BCUT2D eigenvalue weighted by atomic mass is 16.1. The molecular weight excluding hydrogens is 276 g/mol. The molecule has 0 aliphatic rings. The van der Waals surface area contributed by atoms with Crippen molar-refractivity contribution in [3.05, 3.63) is 42.2 Å². The maximum Gasteiger partial charge on any atom is 0.251 e. The van der Waals surface area contributed by atoms with Crippen LogP contribution in [0.25, 0.3) is 11.4 Å². The third-order valence-corrected chi connectivity index (χ3v) is 3.67. The van der Waals surface area contributed by atoms with E-state index in [-0.39, 0.29) is 5.91 Å². The lowest BCUT2D eigenvalue weighted by molar-refractivity contribution is 0.0945. The number of amides is 1. The lowest BCUT2D eigenvalue weighted by atomic mass is 10.1. The second-order valence-corrected chi connectivity index (χ2v) is 5.69. The van der Waals surface area contributed by atoms with Crippen LogP contribution < -0.4 is 5.32 Å². The quantitative estimate of drug-likeness (QED) is 0.825. The Morgan fingerprint density at radius 3 is 2.95 bits per heavy atom. The molecule has 0 saturated carbocycles. The Kier molecular flexibility index (Phi) is 5.72. The lowest BCUT2D eigenvalue weighted by Gasteiger charge is -2.19. The molecule has 0 bridgehead atoms. The zero-order chi connectivity index (χ0) is 15.9. The van der Waals surface area contributed by atoms with E-state index in [0.29, 0.717) is 18.0 Å². The number of imidazole rings is 1. The average Bonchev–Trinajstić information content (AvgIpc) is 3.07. The third-order valence-electron chi connectivity index (χ3n) is 3.67. The van der Waals surface area contributed by atoms with Gasteiger partial charge >= 0.3 is 0 Å². The van der Waals surface area contributed by atoms with E-state index in [4.69, 9.17) is 0 Å². The van der Waals surface area contributed by atoms with E-state index < -0.39 is 0 Å². The first-order chi connectivity index (χ1) is 10.6. The molecule has 1 aromatic carbocycles. The Hall–Kier alpha value is -2.14. The van der Waals surface area contributed by atoms with Crippen molar-refractivity contribution in [3.63, 3.8) is 0 Å². The molecule has 5 nitrogen and oxygen atoms in total. The zero-order valence-electron chi connectivity index (χ0n) is 13.5. The maximum absolute atomic E-state index is 12.3. The maximum atomic E-state index is 12.3. The van der Waals surface area contributed by atoms with Gasteiger partial charge in [0, 0.05) is 36.6 Å². The Balaban J connectivity index is 1.94. The second-order valence-electron chi connectivity index (χ2n) is 5.69. The molecule has 5 heteroatoms. The van der Waals surface area contributed by atoms with E-state index in [1.807, 2.05) is 24.3 Å². The summed E-state index contributed by atoms with van der Waals surface area (Å²) in [7, 11) is 2.09. The monoisotopic (exact) mass is 300 g/mol. The highest BCUT2D eigenvalue weighted by molar-refractivity contribution is 5.95. The summed E-state index contributed by atoms with van der Waals surface area (Å²) in [6, 6.07) is 7.50. The first-order valence-electron chi connectivity index (χ1n) is 7.66. The minimum atomic E-state index is -0.0422. The highest BCUT2D eigenvalue weighted by Crippen LogP contribution is 2.16. The molecule has 0 saturated heterocycles. The van der Waals surface area contributed by atoms with Crippen molar-refractivity contribution in [1.29, 1.82) is 0 Å². The van der Waals surface area contributed by atoms with Crippen molar-refractivity contribution in [1.82, 2.24) is 20.2 Å². The van der Waals surface area contributed by atoms with Crippen LogP contribution in [-0.4, -0.2) is 47.5 Å². The molecule has 1 heterocycles. The average molecular weight is 300 g/mol. The molecule has 0 radical (unpaired) electrons. The van der Waals surface area contributed by atoms with Gasteiger partial charge in [-0.3, -0.25) is 4.79 Å². The molecule has 2 N–H and O–H groups in total. The van der Waals surface area contributed by atoms with Gasteiger partial charge in [0.2, 0.25) is 0 Å². The van der Waals surface area contributed by atoms with Gasteiger partial charge in [-0.15, -0.1) is 0 Å². The molecule has 0 fully saturated rings. The van der Waals surface area contributed by atoms with Crippen LogP contribution >= 0.6 is 0 Å². The first-order valence-corrected chi connectivity index (χ1v) is 7.66. The summed E-state index contributed by atoms with van der Waals surface area (Å²) in [5, 5.41) is 3.00. The van der Waals surface area contributed by atoms with Crippen LogP contribution in [0.3, 0.4) is 0 Å². The number of aromatic amines is 1. The summed E-state index contributed by atoms with van der Waals surface area (Å²) >= 11 is 0. The number of hydrogen-bond donors (Lipinski definition) is 2. The Labute approximate surface area is 131 Å². The second kappa shape index (κ2) is 7.75. The summed E-state index contributed by atoms with van der Waals surface area (Å²) in [4.78, 5) is 21.8. The largest absolute Gasteiger partial charge is 0.352 e. The SMILES string of the molecule is CCN(C)C[C@@H](C)CNC(=O)c1cccc(-c2ncc[nH]2)c1. The molecule has 1 amide bonds. The summed E-state index contributed by atoms with van der Waals surface area (Å²) in [5.74, 6) is 1.15. The number of carbonyl (C=O) groups excluding carboxylic acids is 1. The molecule has 0 spiro atoms. The van der Waals surface area contributed by atoms with E-state index in [0.717, 1.165) is 24.5 Å². The molecule has 0 aliphatic carbocycles. The van der Waals surface area contributed by atoms with Gasteiger partial charge in [0.15, 0.2) is 0 Å². The number of benzene rings is 1. The minimum absolute atomic E-state index is 0.0422. The van der Waals surface area contributed by atoms with Gasteiger partial charge in [-0.2, -0.15) is 0 Å². The van der Waals surface area contributed by atoms with Gasteiger partial charge in [0.1, 0.15) is 5.82 Å². The minimum Gasteiger partial charge on any atom is -0.352 e. The van der Waals surface area contributed by atoms with E-state index in [1.54, 1.807) is 12.4 Å². The molecule has 22 heavy (non-hydrogen) atoms. The van der Waals surface area contributed by atoms with Crippen LogP contribution in [-0.2, 0) is 0 Å². The van der Waals surface area contributed by atoms with Crippen LogP contribution in [0.1, 0.15) is 24.2 Å². The molecule has 2 aromatic rings. The predicted octanol–water partition coefficient (Wildman–Crippen LogP) is 2.39. The number of aromatic nitrogens is 2. The van der Waals surface area contributed by atoms with Crippen molar-refractivity contribution in [2.24, 2.45) is 5.92 Å². The van der Waals surface area contributed by atoms with Crippen LogP contribution in [0, 0.1) is 5.92 Å². The topological polar surface area (TPSA) is 61.0 Å². The fraction of sp³-hybridized carbons (Fsp3) is 0.412. The van der Waals surface area contributed by atoms with E-state index in [2.05, 4.69) is 41.1 Å². The van der Waals surface area contributed by atoms with Gasteiger partial charge in [-0.05, 0) is 31.6 Å². The number of hydrogen-bond acceptors (Lipinski definition) is 3. The molecular formula is C17H24N4O. The predicted molar refractivity (Wildman–Crippen MR) is 88.7 cm³/mol. The summed E-state index contributed by atoms with van der Waals surface area (Å²) in [6.45, 7) is 6.94. The van der Waals surface area contributed by atoms with E-state index in [1.165, 1.54) is 0 Å². The van der Waals surface area contributed by atoms with Crippen molar-refractivity contribution >= 4 is 5.91 Å². The van der Waals surface area contributed by atoms with Gasteiger partial charge < -0.3 is 15.2 Å². The smallest absolute Gasteiger partial charge is 0.251 e. The Bertz CT molecular complexity index is 594.